The molecule has 1 N–H and O–H groups in total. The highest BCUT2D eigenvalue weighted by molar-refractivity contribution is 7.92. The molecule has 0 fully saturated rings. The average Bonchev–Trinajstić information content (AvgIpc) is 3.14. The summed E-state index contributed by atoms with van der Waals surface area (Å²) >= 11 is 0. The van der Waals surface area contributed by atoms with E-state index in [1.54, 1.807) is 31.2 Å². The van der Waals surface area contributed by atoms with Gasteiger partial charge in [-0.25, -0.2) is 16.8 Å². The van der Waals surface area contributed by atoms with Crippen molar-refractivity contribution in [3.8, 4) is 5.75 Å². The zero-order chi connectivity index (χ0) is 21.9. The molecule has 0 amide bonds. The van der Waals surface area contributed by atoms with Crippen molar-refractivity contribution in [3.63, 3.8) is 0 Å². The summed E-state index contributed by atoms with van der Waals surface area (Å²) in [6.45, 7) is 3.90. The molecule has 10 heteroatoms. The predicted octanol–water partition coefficient (Wildman–Crippen LogP) is 2.96. The third kappa shape index (κ3) is 4.93. The van der Waals surface area contributed by atoms with E-state index in [1.807, 2.05) is 31.2 Å². The van der Waals surface area contributed by atoms with Crippen molar-refractivity contribution in [3.05, 3.63) is 59.7 Å². The smallest absolute Gasteiger partial charge is 0.250 e. The molecule has 30 heavy (non-hydrogen) atoms. The van der Waals surface area contributed by atoms with Gasteiger partial charge in [-0.15, -0.1) is 0 Å². The van der Waals surface area contributed by atoms with Gasteiger partial charge in [0.05, 0.1) is 30.4 Å². The molecule has 1 unspecified atom stereocenters. The van der Waals surface area contributed by atoms with Crippen LogP contribution in [0.5, 0.6) is 5.75 Å². The standard InChI is InChI=1S/C20H25N3O5S2/c1-4-28-20-12-7-6-11-17(20)19-14-18(21-23(19)30(26,27)5-2)15-9-8-10-16(13-15)22-29(3,24)25/h6-13,19,22H,4-5,14H2,1-3H3. The Hall–Kier alpha value is -2.59. The maximum Gasteiger partial charge on any atom is 0.250 e. The molecule has 2 aromatic rings. The number of para-hydroxylation sites is 1. The highest BCUT2D eigenvalue weighted by atomic mass is 32.2. The van der Waals surface area contributed by atoms with Crippen LogP contribution in [-0.4, -0.2) is 45.6 Å². The van der Waals surface area contributed by atoms with Crippen LogP contribution in [0, 0.1) is 0 Å². The first kappa shape index (κ1) is 22.1. The Labute approximate surface area is 177 Å². The topological polar surface area (TPSA) is 105 Å². The summed E-state index contributed by atoms with van der Waals surface area (Å²) in [7, 11) is -7.06. The largest absolute Gasteiger partial charge is 0.494 e. The minimum Gasteiger partial charge on any atom is -0.494 e. The lowest BCUT2D eigenvalue weighted by Crippen LogP contribution is -2.28. The molecule has 2 aromatic carbocycles. The number of benzene rings is 2. The van der Waals surface area contributed by atoms with Crippen LogP contribution in [0.3, 0.4) is 0 Å². The van der Waals surface area contributed by atoms with Gasteiger partial charge in [-0.1, -0.05) is 30.3 Å². The van der Waals surface area contributed by atoms with Gasteiger partial charge in [-0.05, 0) is 37.6 Å². The third-order valence-corrected chi connectivity index (χ3v) is 6.84. The predicted molar refractivity (Wildman–Crippen MR) is 118 cm³/mol. The number of ether oxygens (including phenoxy) is 1. The second-order valence-electron chi connectivity index (χ2n) is 6.87. The second kappa shape index (κ2) is 8.65. The highest BCUT2D eigenvalue weighted by Crippen LogP contribution is 2.39. The summed E-state index contributed by atoms with van der Waals surface area (Å²) < 4.78 is 57.9. The molecule has 0 aliphatic carbocycles. The van der Waals surface area contributed by atoms with E-state index in [4.69, 9.17) is 4.74 Å². The maximum atomic E-state index is 12.8. The first-order valence-corrected chi connectivity index (χ1v) is 13.0. The summed E-state index contributed by atoms with van der Waals surface area (Å²) in [4.78, 5) is 0. The molecule has 1 heterocycles. The van der Waals surface area contributed by atoms with Crippen molar-refractivity contribution in [2.45, 2.75) is 26.3 Å². The van der Waals surface area contributed by atoms with Crippen LogP contribution < -0.4 is 9.46 Å². The normalized spacial score (nSPS) is 17.0. The molecule has 1 aliphatic heterocycles. The van der Waals surface area contributed by atoms with Crippen molar-refractivity contribution in [1.82, 2.24) is 4.41 Å². The van der Waals surface area contributed by atoms with Crippen LogP contribution in [0.25, 0.3) is 0 Å². The maximum absolute atomic E-state index is 12.8. The molecule has 1 atom stereocenters. The number of sulfonamides is 2. The molecule has 3 rings (SSSR count). The highest BCUT2D eigenvalue weighted by Gasteiger charge is 2.37. The summed E-state index contributed by atoms with van der Waals surface area (Å²) in [5, 5.41) is 4.43. The van der Waals surface area contributed by atoms with Crippen molar-refractivity contribution in [2.24, 2.45) is 5.10 Å². The molecule has 0 spiro atoms. The monoisotopic (exact) mass is 451 g/mol. The minimum atomic E-state index is -3.63. The van der Waals surface area contributed by atoms with Gasteiger partial charge >= 0.3 is 0 Å². The van der Waals surface area contributed by atoms with Crippen molar-refractivity contribution < 1.29 is 21.6 Å². The van der Waals surface area contributed by atoms with Crippen LogP contribution in [-0.2, 0) is 20.0 Å². The number of anilines is 1. The Bertz CT molecular complexity index is 1160. The molecular weight excluding hydrogens is 426 g/mol. The number of rotatable bonds is 8. The van der Waals surface area contributed by atoms with Crippen LogP contribution in [0.2, 0.25) is 0 Å². The zero-order valence-corrected chi connectivity index (χ0v) is 18.7. The number of nitrogens with zero attached hydrogens (tertiary/aromatic N) is 2. The van der Waals surface area contributed by atoms with Crippen molar-refractivity contribution in [1.29, 1.82) is 0 Å². The fraction of sp³-hybridized carbons (Fsp3) is 0.350. The third-order valence-electron chi connectivity index (χ3n) is 4.60. The number of hydrogen-bond acceptors (Lipinski definition) is 6. The lowest BCUT2D eigenvalue weighted by atomic mass is 9.98. The molecule has 0 radical (unpaired) electrons. The minimum absolute atomic E-state index is 0.0905. The lowest BCUT2D eigenvalue weighted by molar-refractivity contribution is 0.316. The van der Waals surface area contributed by atoms with Gasteiger partial charge in [0.15, 0.2) is 0 Å². The van der Waals surface area contributed by atoms with E-state index in [1.165, 1.54) is 0 Å². The molecule has 162 valence electrons. The van der Waals surface area contributed by atoms with E-state index in [9.17, 15) is 16.8 Å². The van der Waals surface area contributed by atoms with Crippen molar-refractivity contribution >= 4 is 31.4 Å². The van der Waals surface area contributed by atoms with Crippen LogP contribution in [0.15, 0.2) is 53.6 Å². The Balaban J connectivity index is 2.03. The summed E-state index contributed by atoms with van der Waals surface area (Å²) in [6.07, 6.45) is 1.41. The Morgan fingerprint density at radius 3 is 2.50 bits per heavy atom. The summed E-state index contributed by atoms with van der Waals surface area (Å²) in [6, 6.07) is 13.5. The van der Waals surface area contributed by atoms with Gasteiger partial charge in [0.2, 0.25) is 20.0 Å². The first-order valence-electron chi connectivity index (χ1n) is 9.54. The molecule has 0 aromatic heterocycles. The van der Waals surface area contributed by atoms with Crippen LogP contribution >= 0.6 is 0 Å². The molecule has 0 saturated carbocycles. The Morgan fingerprint density at radius 1 is 1.10 bits per heavy atom. The fourth-order valence-electron chi connectivity index (χ4n) is 3.30. The van der Waals surface area contributed by atoms with Gasteiger partial charge < -0.3 is 4.74 Å². The average molecular weight is 452 g/mol. The number of hydrogen-bond donors (Lipinski definition) is 1. The van der Waals surface area contributed by atoms with Gasteiger partial charge in [-0.2, -0.15) is 9.52 Å². The van der Waals surface area contributed by atoms with Gasteiger partial charge in [0, 0.05) is 17.7 Å². The van der Waals surface area contributed by atoms with E-state index < -0.39 is 26.1 Å². The van der Waals surface area contributed by atoms with Crippen molar-refractivity contribution in [2.75, 3.05) is 23.3 Å². The fourth-order valence-corrected chi connectivity index (χ4v) is 4.92. The molecule has 1 aliphatic rings. The van der Waals surface area contributed by atoms with E-state index in [2.05, 4.69) is 9.82 Å². The number of hydrazone groups is 1. The van der Waals surface area contributed by atoms with E-state index in [0.717, 1.165) is 16.2 Å². The molecule has 0 saturated heterocycles. The van der Waals surface area contributed by atoms with E-state index in [0.29, 0.717) is 35.7 Å². The Kier molecular flexibility index (Phi) is 6.37. The van der Waals surface area contributed by atoms with Gasteiger partial charge in [0.1, 0.15) is 5.75 Å². The van der Waals surface area contributed by atoms with E-state index >= 15 is 0 Å². The summed E-state index contributed by atoms with van der Waals surface area (Å²) in [5.41, 5.74) is 2.33. The lowest BCUT2D eigenvalue weighted by Gasteiger charge is -2.24. The molecular formula is C20H25N3O5S2. The Morgan fingerprint density at radius 2 is 1.83 bits per heavy atom. The van der Waals surface area contributed by atoms with Crippen LogP contribution in [0.4, 0.5) is 5.69 Å². The van der Waals surface area contributed by atoms with E-state index in [-0.39, 0.29) is 5.75 Å². The van der Waals surface area contributed by atoms with Gasteiger partial charge in [-0.3, -0.25) is 4.72 Å². The SMILES string of the molecule is CCOc1ccccc1C1CC(c2cccc(NS(C)(=O)=O)c2)=NN1S(=O)(=O)CC. The summed E-state index contributed by atoms with van der Waals surface area (Å²) in [5.74, 6) is 0.525. The molecule has 8 nitrogen and oxygen atoms in total. The van der Waals surface area contributed by atoms with Gasteiger partial charge in [0.25, 0.3) is 0 Å². The quantitative estimate of drug-likeness (QED) is 0.664. The zero-order valence-electron chi connectivity index (χ0n) is 17.1. The van der Waals surface area contributed by atoms with Crippen LogP contribution in [0.1, 0.15) is 37.4 Å². The first-order chi connectivity index (χ1) is 14.1. The molecule has 0 bridgehead atoms. The number of nitrogens with one attached hydrogen (secondary N) is 1. The second-order valence-corrected chi connectivity index (χ2v) is 10.7.